The Morgan fingerprint density at radius 3 is 2.64 bits per heavy atom. The number of nitrogens with one attached hydrogen (secondary N) is 1. The maximum atomic E-state index is 6.29. The van der Waals surface area contributed by atoms with E-state index in [0.29, 0.717) is 28.0 Å². The second-order valence-electron chi connectivity index (χ2n) is 5.56. The highest BCUT2D eigenvalue weighted by Crippen LogP contribution is 2.38. The van der Waals surface area contributed by atoms with E-state index in [1.165, 1.54) is 6.33 Å². The minimum Gasteiger partial charge on any atom is -0.495 e. The lowest BCUT2D eigenvalue weighted by Crippen LogP contribution is -2.09. The van der Waals surface area contributed by atoms with Crippen molar-refractivity contribution >= 4 is 28.9 Å². The highest BCUT2D eigenvalue weighted by molar-refractivity contribution is 6.32. The second kappa shape index (κ2) is 7.14. The molecule has 0 aliphatic carbocycles. The maximum absolute atomic E-state index is 6.29. The van der Waals surface area contributed by atoms with Crippen LogP contribution in [0.15, 0.2) is 18.5 Å². The zero-order valence-electron chi connectivity index (χ0n) is 14.6. The van der Waals surface area contributed by atoms with E-state index in [1.807, 2.05) is 6.92 Å². The number of aromatic nitrogens is 4. The Balaban J connectivity index is 2.16. The maximum Gasteiger partial charge on any atom is 0.254 e. The molecule has 25 heavy (non-hydrogen) atoms. The number of hydrogen-bond acceptors (Lipinski definition) is 6. The quantitative estimate of drug-likeness (QED) is 0.719. The highest BCUT2D eigenvalue weighted by Gasteiger charge is 2.17. The summed E-state index contributed by atoms with van der Waals surface area (Å²) in [6.07, 6.45) is 3.34. The van der Waals surface area contributed by atoms with E-state index < -0.39 is 0 Å². The molecule has 3 aromatic rings. The molecule has 0 amide bonds. The molecule has 132 valence electrons. The molecule has 1 aromatic carbocycles. The van der Waals surface area contributed by atoms with Gasteiger partial charge in [-0.25, -0.2) is 4.98 Å². The van der Waals surface area contributed by atoms with E-state index in [9.17, 15) is 0 Å². The topological polar surface area (TPSA) is 73.6 Å². The molecule has 0 aliphatic heterocycles. The molecule has 0 saturated carbocycles. The average Bonchev–Trinajstić information content (AvgIpc) is 3.06. The summed E-state index contributed by atoms with van der Waals surface area (Å²) in [6, 6.07) is 3.52. The molecular formula is C17H20ClN5O2. The van der Waals surface area contributed by atoms with Crippen LogP contribution in [0.3, 0.4) is 0 Å². The second-order valence-corrected chi connectivity index (χ2v) is 5.97. The molecule has 0 radical (unpaired) electrons. The van der Waals surface area contributed by atoms with Crippen molar-refractivity contribution in [1.29, 1.82) is 0 Å². The van der Waals surface area contributed by atoms with Crippen molar-refractivity contribution in [3.05, 3.63) is 34.7 Å². The fourth-order valence-electron chi connectivity index (χ4n) is 2.75. The third-order valence-electron chi connectivity index (χ3n) is 3.96. The molecule has 2 heterocycles. The van der Waals surface area contributed by atoms with Gasteiger partial charge in [0.2, 0.25) is 0 Å². The first-order valence-corrected chi connectivity index (χ1v) is 8.34. The van der Waals surface area contributed by atoms with Crippen molar-refractivity contribution in [3.63, 3.8) is 0 Å². The lowest BCUT2D eigenvalue weighted by molar-refractivity contribution is 0.396. The van der Waals surface area contributed by atoms with Crippen LogP contribution in [0.4, 0.5) is 11.5 Å². The number of ether oxygens (including phenoxy) is 2. The Bertz CT molecular complexity index is 910. The van der Waals surface area contributed by atoms with Gasteiger partial charge in [0.1, 0.15) is 23.6 Å². The molecule has 1 N–H and O–H groups in total. The number of benzene rings is 1. The molecule has 0 saturated heterocycles. The largest absolute Gasteiger partial charge is 0.495 e. The predicted molar refractivity (Wildman–Crippen MR) is 97.4 cm³/mol. The number of rotatable bonds is 6. The van der Waals surface area contributed by atoms with Gasteiger partial charge in [0.15, 0.2) is 0 Å². The van der Waals surface area contributed by atoms with E-state index in [-0.39, 0.29) is 0 Å². The summed E-state index contributed by atoms with van der Waals surface area (Å²) in [6.45, 7) is 4.10. The van der Waals surface area contributed by atoms with Gasteiger partial charge in [0.25, 0.3) is 5.78 Å². The van der Waals surface area contributed by atoms with E-state index in [1.54, 1.807) is 30.9 Å². The fourth-order valence-corrected chi connectivity index (χ4v) is 2.99. The van der Waals surface area contributed by atoms with Crippen LogP contribution in [0.25, 0.3) is 5.78 Å². The SMILES string of the molecule is CCCc1c(C)nc2ncnn2c1Nc1cc(Cl)c(OC)cc1OC. The Morgan fingerprint density at radius 2 is 1.96 bits per heavy atom. The van der Waals surface area contributed by atoms with Crippen LogP contribution >= 0.6 is 11.6 Å². The monoisotopic (exact) mass is 361 g/mol. The van der Waals surface area contributed by atoms with Crippen molar-refractivity contribution in [2.75, 3.05) is 19.5 Å². The summed E-state index contributed by atoms with van der Waals surface area (Å²) in [5, 5.41) is 8.18. The molecular weight excluding hydrogens is 342 g/mol. The number of halogens is 1. The molecule has 3 rings (SSSR count). The van der Waals surface area contributed by atoms with E-state index in [2.05, 4.69) is 27.3 Å². The molecule has 2 aromatic heterocycles. The standard InChI is InChI=1S/C17H20ClN5O2/c1-5-6-11-10(2)21-17-19-9-20-23(17)16(11)22-13-7-12(18)14(24-3)8-15(13)25-4/h7-9,22H,5-6H2,1-4H3. The number of aryl methyl sites for hydroxylation is 1. The summed E-state index contributed by atoms with van der Waals surface area (Å²) in [5.41, 5.74) is 2.71. The average molecular weight is 362 g/mol. The molecule has 0 bridgehead atoms. The lowest BCUT2D eigenvalue weighted by atomic mass is 10.1. The zero-order chi connectivity index (χ0) is 18.0. The smallest absolute Gasteiger partial charge is 0.254 e. The summed E-state index contributed by atoms with van der Waals surface area (Å²) in [7, 11) is 3.17. The number of fused-ring (bicyclic) bond motifs is 1. The van der Waals surface area contributed by atoms with Crippen LogP contribution in [0.5, 0.6) is 11.5 Å². The number of methoxy groups -OCH3 is 2. The van der Waals surface area contributed by atoms with Crippen LogP contribution in [0.2, 0.25) is 5.02 Å². The minimum atomic E-state index is 0.489. The number of hydrogen-bond donors (Lipinski definition) is 1. The third-order valence-corrected chi connectivity index (χ3v) is 4.25. The van der Waals surface area contributed by atoms with Crippen molar-refractivity contribution in [1.82, 2.24) is 19.6 Å². The summed E-state index contributed by atoms with van der Waals surface area (Å²) >= 11 is 6.29. The van der Waals surface area contributed by atoms with Gasteiger partial charge in [-0.3, -0.25) is 0 Å². The molecule has 0 unspecified atom stereocenters. The van der Waals surface area contributed by atoms with E-state index in [0.717, 1.165) is 29.9 Å². The van der Waals surface area contributed by atoms with Crippen LogP contribution in [-0.2, 0) is 6.42 Å². The van der Waals surface area contributed by atoms with E-state index >= 15 is 0 Å². The van der Waals surface area contributed by atoms with Gasteiger partial charge >= 0.3 is 0 Å². The molecule has 0 fully saturated rings. The highest BCUT2D eigenvalue weighted by atomic mass is 35.5. The Hall–Kier alpha value is -2.54. The molecule has 0 atom stereocenters. The zero-order valence-corrected chi connectivity index (χ0v) is 15.4. The van der Waals surface area contributed by atoms with Crippen molar-refractivity contribution in [2.24, 2.45) is 0 Å². The Labute approximate surface area is 151 Å². The molecule has 8 heteroatoms. The van der Waals surface area contributed by atoms with E-state index in [4.69, 9.17) is 21.1 Å². The third kappa shape index (κ3) is 3.19. The number of anilines is 2. The lowest BCUT2D eigenvalue weighted by Gasteiger charge is -2.17. The molecule has 7 nitrogen and oxygen atoms in total. The molecule has 0 aliphatic rings. The Kier molecular flexibility index (Phi) is 4.94. The predicted octanol–water partition coefficient (Wildman–Crippen LogP) is 3.80. The van der Waals surface area contributed by atoms with Gasteiger partial charge in [-0.1, -0.05) is 24.9 Å². The van der Waals surface area contributed by atoms with Crippen molar-refractivity contribution in [2.45, 2.75) is 26.7 Å². The summed E-state index contributed by atoms with van der Waals surface area (Å²) in [4.78, 5) is 8.71. The van der Waals surface area contributed by atoms with Gasteiger partial charge in [-0.2, -0.15) is 14.6 Å². The van der Waals surface area contributed by atoms with Crippen molar-refractivity contribution < 1.29 is 9.47 Å². The molecule has 0 spiro atoms. The fraction of sp³-hybridized carbons (Fsp3) is 0.353. The van der Waals surface area contributed by atoms with Gasteiger partial charge in [0, 0.05) is 17.3 Å². The summed E-state index contributed by atoms with van der Waals surface area (Å²) < 4.78 is 12.4. The summed E-state index contributed by atoms with van der Waals surface area (Å²) in [5.74, 6) is 2.51. The van der Waals surface area contributed by atoms with Gasteiger partial charge < -0.3 is 14.8 Å². The first-order chi connectivity index (χ1) is 12.1. The van der Waals surface area contributed by atoms with Crippen molar-refractivity contribution in [3.8, 4) is 11.5 Å². The van der Waals surface area contributed by atoms with Crippen LogP contribution in [-0.4, -0.2) is 33.8 Å². The first kappa shape index (κ1) is 17.3. The number of nitrogens with zero attached hydrogens (tertiary/aromatic N) is 4. The van der Waals surface area contributed by atoms with Gasteiger partial charge in [-0.05, 0) is 19.4 Å². The van der Waals surface area contributed by atoms with Gasteiger partial charge in [-0.15, -0.1) is 0 Å². The normalized spacial score (nSPS) is 10.9. The first-order valence-electron chi connectivity index (χ1n) is 7.96. The van der Waals surface area contributed by atoms with Gasteiger partial charge in [0.05, 0.1) is 24.9 Å². The van der Waals surface area contributed by atoms with Crippen LogP contribution < -0.4 is 14.8 Å². The van der Waals surface area contributed by atoms with Crippen LogP contribution in [0.1, 0.15) is 24.6 Å². The minimum absolute atomic E-state index is 0.489. The Morgan fingerprint density at radius 1 is 1.20 bits per heavy atom. The van der Waals surface area contributed by atoms with Crippen LogP contribution in [0, 0.1) is 6.92 Å².